The van der Waals surface area contributed by atoms with E-state index in [-0.39, 0.29) is 0 Å². The molecule has 0 aliphatic carbocycles. The van der Waals surface area contributed by atoms with Crippen LogP contribution in [0.4, 0.5) is 0 Å². The maximum absolute atomic E-state index is 5.36. The zero-order valence-corrected chi connectivity index (χ0v) is 7.62. The lowest BCUT2D eigenvalue weighted by Gasteiger charge is -2.22. The highest BCUT2D eigenvalue weighted by molar-refractivity contribution is 4.87. The van der Waals surface area contributed by atoms with Crippen molar-refractivity contribution in [1.29, 1.82) is 0 Å². The number of imidazole rings is 1. The van der Waals surface area contributed by atoms with Gasteiger partial charge in [-0.25, -0.2) is 4.98 Å². The molecule has 0 bridgehead atoms. The number of nitrogens with one attached hydrogen (secondary N) is 2. The van der Waals surface area contributed by atoms with Crippen LogP contribution in [0.15, 0.2) is 12.4 Å². The number of H-pyrrole nitrogens is 1. The molecule has 0 unspecified atom stereocenters. The molecule has 4 nitrogen and oxygen atoms in total. The highest BCUT2D eigenvalue weighted by atomic mass is 16.5. The summed E-state index contributed by atoms with van der Waals surface area (Å²) < 4.78 is 5.36. The topological polar surface area (TPSA) is 49.9 Å². The Morgan fingerprint density at radius 3 is 3.38 bits per heavy atom. The lowest BCUT2D eigenvalue weighted by molar-refractivity contribution is 0.0697. The van der Waals surface area contributed by atoms with E-state index in [1.807, 2.05) is 6.20 Å². The van der Waals surface area contributed by atoms with Crippen LogP contribution in [0.1, 0.15) is 18.7 Å². The molecule has 0 aromatic carbocycles. The number of rotatable bonds is 3. The average molecular weight is 181 g/mol. The normalized spacial score (nSPS) is 23.2. The van der Waals surface area contributed by atoms with Gasteiger partial charge in [-0.2, -0.15) is 0 Å². The van der Waals surface area contributed by atoms with Gasteiger partial charge >= 0.3 is 0 Å². The Morgan fingerprint density at radius 2 is 2.69 bits per heavy atom. The highest BCUT2D eigenvalue weighted by Gasteiger charge is 2.12. The van der Waals surface area contributed by atoms with Crippen molar-refractivity contribution in [2.75, 3.05) is 13.2 Å². The molecule has 1 aliphatic heterocycles. The summed E-state index contributed by atoms with van der Waals surface area (Å²) in [6.07, 6.45) is 5.99. The van der Waals surface area contributed by atoms with Gasteiger partial charge in [0.2, 0.25) is 0 Å². The predicted octanol–water partition coefficient (Wildman–Crippen LogP) is 0.678. The van der Waals surface area contributed by atoms with Crippen LogP contribution < -0.4 is 5.32 Å². The second-order valence-electron chi connectivity index (χ2n) is 3.33. The fourth-order valence-electron chi connectivity index (χ4n) is 1.54. The van der Waals surface area contributed by atoms with E-state index >= 15 is 0 Å². The van der Waals surface area contributed by atoms with Gasteiger partial charge in [0.15, 0.2) is 0 Å². The van der Waals surface area contributed by atoms with Crippen LogP contribution in [-0.4, -0.2) is 29.2 Å². The maximum Gasteiger partial charge on any atom is 0.120 e. The van der Waals surface area contributed by atoms with Gasteiger partial charge in [-0.15, -0.1) is 0 Å². The minimum absolute atomic E-state index is 0.499. The lowest BCUT2D eigenvalue weighted by atomic mass is 10.1. The minimum atomic E-state index is 0.499. The molecular formula is C9H15N3O. The van der Waals surface area contributed by atoms with Gasteiger partial charge in [0, 0.05) is 25.0 Å². The van der Waals surface area contributed by atoms with E-state index in [1.54, 1.807) is 6.20 Å². The van der Waals surface area contributed by atoms with Gasteiger partial charge in [-0.05, 0) is 12.8 Å². The summed E-state index contributed by atoms with van der Waals surface area (Å²) in [7, 11) is 0. The van der Waals surface area contributed by atoms with Gasteiger partial charge in [0.25, 0.3) is 0 Å². The second kappa shape index (κ2) is 4.39. The van der Waals surface area contributed by atoms with Gasteiger partial charge in [-0.1, -0.05) is 0 Å². The van der Waals surface area contributed by atoms with Crippen molar-refractivity contribution in [3.63, 3.8) is 0 Å². The van der Waals surface area contributed by atoms with E-state index in [0.717, 1.165) is 32.0 Å². The third kappa shape index (κ3) is 2.54. The van der Waals surface area contributed by atoms with Gasteiger partial charge < -0.3 is 15.0 Å². The van der Waals surface area contributed by atoms with E-state index < -0.39 is 0 Å². The molecule has 0 amide bonds. The quantitative estimate of drug-likeness (QED) is 0.721. The summed E-state index contributed by atoms with van der Waals surface area (Å²) in [6.45, 7) is 2.56. The van der Waals surface area contributed by atoms with Crippen LogP contribution >= 0.6 is 0 Å². The zero-order chi connectivity index (χ0) is 8.93. The smallest absolute Gasteiger partial charge is 0.120 e. The number of nitrogens with zero attached hydrogens (tertiary/aromatic N) is 1. The molecule has 1 aromatic heterocycles. The van der Waals surface area contributed by atoms with Crippen molar-refractivity contribution in [2.45, 2.75) is 25.4 Å². The first-order valence-electron chi connectivity index (χ1n) is 4.74. The zero-order valence-electron chi connectivity index (χ0n) is 7.62. The number of aromatic amines is 1. The number of ether oxygens (including phenoxy) is 1. The summed E-state index contributed by atoms with van der Waals surface area (Å²) in [6, 6.07) is 0.499. The summed E-state index contributed by atoms with van der Waals surface area (Å²) >= 11 is 0. The Bertz CT molecular complexity index is 229. The first-order valence-corrected chi connectivity index (χ1v) is 4.74. The lowest BCUT2D eigenvalue weighted by Crippen LogP contribution is -2.36. The molecule has 1 atom stereocenters. The van der Waals surface area contributed by atoms with Crippen molar-refractivity contribution in [3.8, 4) is 0 Å². The van der Waals surface area contributed by atoms with E-state index in [2.05, 4.69) is 15.3 Å². The van der Waals surface area contributed by atoms with E-state index in [1.165, 1.54) is 6.42 Å². The van der Waals surface area contributed by atoms with Crippen LogP contribution in [-0.2, 0) is 11.3 Å². The Balaban J connectivity index is 1.72. The van der Waals surface area contributed by atoms with Crippen LogP contribution in [0.3, 0.4) is 0 Å². The third-order valence-electron chi connectivity index (χ3n) is 2.27. The fourth-order valence-corrected chi connectivity index (χ4v) is 1.54. The monoisotopic (exact) mass is 181 g/mol. The Morgan fingerprint density at radius 1 is 1.69 bits per heavy atom. The standard InChI is InChI=1S/C9H15N3O/c1-2-8(7-13-5-1)12-6-9-10-3-4-11-9/h3-4,8,12H,1-2,5-7H2,(H,10,11)/t8-/m0/s1. The number of aromatic nitrogens is 2. The van der Waals surface area contributed by atoms with Gasteiger partial charge in [0.1, 0.15) is 5.82 Å². The van der Waals surface area contributed by atoms with Crippen LogP contribution in [0.25, 0.3) is 0 Å². The van der Waals surface area contributed by atoms with Crippen LogP contribution in [0.5, 0.6) is 0 Å². The third-order valence-corrected chi connectivity index (χ3v) is 2.27. The number of hydrogen-bond acceptors (Lipinski definition) is 3. The van der Waals surface area contributed by atoms with E-state index in [9.17, 15) is 0 Å². The molecule has 0 saturated carbocycles. The van der Waals surface area contributed by atoms with Gasteiger partial charge in [-0.3, -0.25) is 0 Å². The molecule has 1 aliphatic rings. The molecule has 1 saturated heterocycles. The summed E-state index contributed by atoms with van der Waals surface area (Å²) in [4.78, 5) is 7.20. The molecule has 13 heavy (non-hydrogen) atoms. The van der Waals surface area contributed by atoms with Crippen molar-refractivity contribution >= 4 is 0 Å². The first-order chi connectivity index (χ1) is 6.45. The van der Waals surface area contributed by atoms with E-state index in [4.69, 9.17) is 4.74 Å². The van der Waals surface area contributed by atoms with Crippen LogP contribution in [0, 0.1) is 0 Å². The maximum atomic E-state index is 5.36. The summed E-state index contributed by atoms with van der Waals surface area (Å²) in [5, 5.41) is 3.41. The highest BCUT2D eigenvalue weighted by Crippen LogP contribution is 2.05. The Labute approximate surface area is 77.7 Å². The molecule has 4 heteroatoms. The van der Waals surface area contributed by atoms with E-state index in [0.29, 0.717) is 6.04 Å². The van der Waals surface area contributed by atoms with Crippen molar-refractivity contribution < 1.29 is 4.74 Å². The SMILES string of the molecule is c1c[nH]c(CN[C@H]2CCCOC2)n1. The van der Waals surface area contributed by atoms with Crippen molar-refractivity contribution in [3.05, 3.63) is 18.2 Å². The number of hydrogen-bond donors (Lipinski definition) is 2. The van der Waals surface area contributed by atoms with Crippen LogP contribution in [0.2, 0.25) is 0 Å². The average Bonchev–Trinajstić information content (AvgIpc) is 2.69. The fraction of sp³-hybridized carbons (Fsp3) is 0.667. The predicted molar refractivity (Wildman–Crippen MR) is 49.3 cm³/mol. The van der Waals surface area contributed by atoms with Crippen molar-refractivity contribution in [2.24, 2.45) is 0 Å². The van der Waals surface area contributed by atoms with Gasteiger partial charge in [0.05, 0.1) is 13.2 Å². The first kappa shape index (κ1) is 8.72. The molecule has 1 aromatic rings. The molecular weight excluding hydrogens is 166 g/mol. The molecule has 2 rings (SSSR count). The molecule has 0 spiro atoms. The molecule has 72 valence electrons. The molecule has 1 fully saturated rings. The summed E-state index contributed by atoms with van der Waals surface area (Å²) in [5.41, 5.74) is 0. The minimum Gasteiger partial charge on any atom is -0.380 e. The van der Waals surface area contributed by atoms with Crippen molar-refractivity contribution in [1.82, 2.24) is 15.3 Å². The summed E-state index contributed by atoms with van der Waals surface area (Å²) in [5.74, 6) is 0.991. The second-order valence-corrected chi connectivity index (χ2v) is 3.33. The molecule has 0 radical (unpaired) electrons. The Kier molecular flexibility index (Phi) is 2.94. The largest absolute Gasteiger partial charge is 0.380 e. The molecule has 2 N–H and O–H groups in total. The Hall–Kier alpha value is -0.870. The molecule has 2 heterocycles.